The van der Waals surface area contributed by atoms with Gasteiger partial charge in [0, 0.05) is 11.8 Å². The number of Topliss-reactive ketones (excluding diaryl/α,β-unsaturated/α-hetero) is 1. The normalized spacial score (nSPS) is 38.3. The molecule has 3 atom stereocenters. The summed E-state index contributed by atoms with van der Waals surface area (Å²) in [6.07, 6.45) is 3.74. The zero-order valence-corrected chi connectivity index (χ0v) is 17.4. The monoisotopic (exact) mass is 340 g/mol. The molecular weight excluding hydrogens is 304 g/mol. The van der Waals surface area contributed by atoms with Gasteiger partial charge in [-0.3, -0.25) is 4.79 Å². The lowest BCUT2D eigenvalue weighted by Gasteiger charge is -2.62. The summed E-state index contributed by atoms with van der Waals surface area (Å²) in [5, 5.41) is 11.8. The van der Waals surface area contributed by atoms with Crippen LogP contribution in [0.5, 0.6) is 0 Å². The average molecular weight is 341 g/mol. The summed E-state index contributed by atoms with van der Waals surface area (Å²) in [7, 11) is -1.91. The van der Waals surface area contributed by atoms with E-state index in [1.807, 2.05) is 6.92 Å². The molecule has 2 rings (SSSR count). The number of ketones is 1. The largest absolute Gasteiger partial charge is 0.413 e. The van der Waals surface area contributed by atoms with E-state index in [2.05, 4.69) is 47.7 Å². The van der Waals surface area contributed by atoms with Crippen LogP contribution in [0, 0.1) is 10.8 Å². The molecule has 2 aliphatic carbocycles. The minimum Gasteiger partial charge on any atom is -0.413 e. The Kier molecular flexibility index (Phi) is 4.49. The Bertz CT molecular complexity index is 491. The first-order valence-corrected chi connectivity index (χ1v) is 12.0. The predicted octanol–water partition coefficient (Wildman–Crippen LogP) is 4.69. The molecule has 2 aliphatic rings. The molecule has 23 heavy (non-hydrogen) atoms. The van der Waals surface area contributed by atoms with E-state index >= 15 is 0 Å². The minimum atomic E-state index is -1.91. The van der Waals surface area contributed by atoms with Crippen LogP contribution in [0.15, 0.2) is 0 Å². The van der Waals surface area contributed by atoms with Crippen molar-refractivity contribution in [3.8, 4) is 0 Å². The molecule has 0 spiro atoms. The van der Waals surface area contributed by atoms with Gasteiger partial charge in [-0.15, -0.1) is 0 Å². The maximum absolute atomic E-state index is 12.6. The molecule has 2 saturated carbocycles. The Labute approximate surface area is 143 Å². The van der Waals surface area contributed by atoms with E-state index in [-0.39, 0.29) is 16.9 Å². The molecule has 0 heterocycles. The molecule has 0 saturated heterocycles. The van der Waals surface area contributed by atoms with Crippen molar-refractivity contribution in [1.82, 2.24) is 0 Å². The van der Waals surface area contributed by atoms with Gasteiger partial charge >= 0.3 is 0 Å². The van der Waals surface area contributed by atoms with E-state index in [4.69, 9.17) is 4.43 Å². The van der Waals surface area contributed by atoms with Gasteiger partial charge in [-0.25, -0.2) is 0 Å². The summed E-state index contributed by atoms with van der Waals surface area (Å²) in [5.41, 5.74) is -1.98. The molecule has 0 radical (unpaired) electrons. The highest BCUT2D eigenvalue weighted by Crippen LogP contribution is 2.60. The second kappa shape index (κ2) is 5.40. The Morgan fingerprint density at radius 1 is 1.17 bits per heavy atom. The highest BCUT2D eigenvalue weighted by molar-refractivity contribution is 6.74. The lowest BCUT2D eigenvalue weighted by molar-refractivity contribution is -0.228. The third-order valence-electron chi connectivity index (χ3n) is 7.49. The topological polar surface area (TPSA) is 46.5 Å². The van der Waals surface area contributed by atoms with E-state index in [1.165, 1.54) is 0 Å². The average Bonchev–Trinajstić information content (AvgIpc) is 2.38. The van der Waals surface area contributed by atoms with Crippen LogP contribution in [0.2, 0.25) is 18.1 Å². The molecule has 0 amide bonds. The number of hydrogen-bond donors (Lipinski definition) is 1. The summed E-state index contributed by atoms with van der Waals surface area (Å²) in [4.78, 5) is 12.6. The highest BCUT2D eigenvalue weighted by atomic mass is 28.4. The molecule has 0 unspecified atom stereocenters. The zero-order valence-electron chi connectivity index (χ0n) is 16.4. The van der Waals surface area contributed by atoms with Crippen molar-refractivity contribution in [3.63, 3.8) is 0 Å². The number of fused-ring (bicyclic) bond motifs is 1. The first-order chi connectivity index (χ1) is 10.2. The predicted molar refractivity (Wildman–Crippen MR) is 97.0 cm³/mol. The van der Waals surface area contributed by atoms with Crippen LogP contribution in [0.25, 0.3) is 0 Å². The number of rotatable bonds is 2. The van der Waals surface area contributed by atoms with Crippen molar-refractivity contribution in [2.75, 3.05) is 0 Å². The van der Waals surface area contributed by atoms with Crippen molar-refractivity contribution < 1.29 is 14.3 Å². The van der Waals surface area contributed by atoms with Crippen LogP contribution in [-0.4, -0.2) is 30.9 Å². The highest BCUT2D eigenvalue weighted by Gasteiger charge is 2.66. The lowest BCUT2D eigenvalue weighted by Crippen LogP contribution is -2.69. The zero-order chi connectivity index (χ0) is 17.9. The molecule has 1 N–H and O–H groups in total. The molecule has 2 fully saturated rings. The molecule has 4 heteroatoms. The molecule has 3 nitrogen and oxygen atoms in total. The summed E-state index contributed by atoms with van der Waals surface area (Å²) in [6.45, 7) is 17.5. The van der Waals surface area contributed by atoms with Crippen LogP contribution >= 0.6 is 0 Å². The Morgan fingerprint density at radius 3 is 2.26 bits per heavy atom. The number of aliphatic hydroxyl groups is 1. The molecular formula is C19H36O3Si. The van der Waals surface area contributed by atoms with E-state index in [0.29, 0.717) is 12.8 Å². The van der Waals surface area contributed by atoms with Gasteiger partial charge in [-0.2, -0.15) is 0 Å². The molecule has 0 aromatic rings. The molecule has 0 aliphatic heterocycles. The fourth-order valence-electron chi connectivity index (χ4n) is 4.45. The van der Waals surface area contributed by atoms with Gasteiger partial charge in [-0.1, -0.05) is 34.6 Å². The van der Waals surface area contributed by atoms with Crippen LogP contribution in [0.3, 0.4) is 0 Å². The quantitative estimate of drug-likeness (QED) is 0.742. The van der Waals surface area contributed by atoms with Crippen molar-refractivity contribution in [2.45, 2.75) is 103 Å². The maximum Gasteiger partial charge on any atom is 0.192 e. The molecule has 134 valence electrons. The maximum atomic E-state index is 12.6. The van der Waals surface area contributed by atoms with Crippen LogP contribution in [0.1, 0.15) is 73.6 Å². The van der Waals surface area contributed by atoms with Gasteiger partial charge in [-0.05, 0) is 50.7 Å². The van der Waals surface area contributed by atoms with E-state index in [1.54, 1.807) is 0 Å². The first kappa shape index (κ1) is 19.1. The van der Waals surface area contributed by atoms with Gasteiger partial charge in [0.05, 0.1) is 17.1 Å². The molecule has 0 aromatic carbocycles. The third kappa shape index (κ3) is 2.65. The number of hydrogen-bond acceptors (Lipinski definition) is 3. The summed E-state index contributed by atoms with van der Waals surface area (Å²) >= 11 is 0. The smallest absolute Gasteiger partial charge is 0.192 e. The summed E-state index contributed by atoms with van der Waals surface area (Å²) in [5.74, 6) is 0.241. The second-order valence-electron chi connectivity index (χ2n) is 10.1. The van der Waals surface area contributed by atoms with E-state index < -0.39 is 24.7 Å². The standard InChI is InChI=1S/C19H36O3Si/c1-16(2,3)23(7,8)22-15-11-13-18(6)14(20)10-9-12-19(18,21)17(15,4)5/h15,21H,9-13H2,1-8H3/t15-,18+,19+/m0/s1. The van der Waals surface area contributed by atoms with Gasteiger partial charge in [0.1, 0.15) is 5.78 Å². The Morgan fingerprint density at radius 2 is 1.74 bits per heavy atom. The van der Waals surface area contributed by atoms with Crippen molar-refractivity contribution >= 4 is 14.1 Å². The van der Waals surface area contributed by atoms with Crippen molar-refractivity contribution in [1.29, 1.82) is 0 Å². The lowest BCUT2D eigenvalue weighted by atomic mass is 9.47. The van der Waals surface area contributed by atoms with Crippen molar-refractivity contribution in [3.05, 3.63) is 0 Å². The number of carbonyl (C=O) groups excluding carboxylic acids is 1. The van der Waals surface area contributed by atoms with Crippen molar-refractivity contribution in [2.24, 2.45) is 10.8 Å². The van der Waals surface area contributed by atoms with E-state index in [9.17, 15) is 9.90 Å². The summed E-state index contributed by atoms with van der Waals surface area (Å²) < 4.78 is 6.72. The second-order valence-corrected chi connectivity index (χ2v) is 14.9. The van der Waals surface area contributed by atoms with Gasteiger partial charge < -0.3 is 9.53 Å². The fraction of sp³-hybridized carbons (Fsp3) is 0.947. The van der Waals surface area contributed by atoms with Gasteiger partial charge in [0.25, 0.3) is 0 Å². The van der Waals surface area contributed by atoms with Crippen LogP contribution in [-0.2, 0) is 9.22 Å². The number of carbonyl (C=O) groups is 1. The Balaban J connectivity index is 2.36. The fourth-order valence-corrected chi connectivity index (χ4v) is 5.93. The first-order valence-electron chi connectivity index (χ1n) is 9.13. The van der Waals surface area contributed by atoms with Gasteiger partial charge in [0.15, 0.2) is 8.32 Å². The SMILES string of the molecule is CC1(C)[C@@H](O[Si](C)(C)C(C)(C)C)CC[C@]2(C)C(=O)CCC[C@@]12O. The van der Waals surface area contributed by atoms with Crippen LogP contribution in [0.4, 0.5) is 0 Å². The summed E-state index contributed by atoms with van der Waals surface area (Å²) in [6, 6.07) is 0. The van der Waals surface area contributed by atoms with E-state index in [0.717, 1.165) is 19.3 Å². The minimum absolute atomic E-state index is 0.0207. The molecule has 0 bridgehead atoms. The third-order valence-corrected chi connectivity index (χ3v) is 12.0. The van der Waals surface area contributed by atoms with Gasteiger partial charge in [0.2, 0.25) is 0 Å². The molecule has 0 aromatic heterocycles. The van der Waals surface area contributed by atoms with Crippen LogP contribution < -0.4 is 0 Å². The Hall–Kier alpha value is -0.193.